The van der Waals surface area contributed by atoms with Gasteiger partial charge in [0.15, 0.2) is 0 Å². The Bertz CT molecular complexity index is 257. The predicted octanol–water partition coefficient (Wildman–Crippen LogP) is 1.09. The number of rotatable bonds is 1. The van der Waals surface area contributed by atoms with Gasteiger partial charge in [-0.25, -0.2) is 0 Å². The van der Waals surface area contributed by atoms with Gasteiger partial charge in [0.05, 0.1) is 30.0 Å². The zero-order chi connectivity index (χ0) is 9.97. The van der Waals surface area contributed by atoms with E-state index in [-0.39, 0.29) is 17.3 Å². The van der Waals surface area contributed by atoms with E-state index in [4.69, 9.17) is 9.47 Å². The lowest BCUT2D eigenvalue weighted by Gasteiger charge is -2.31. The van der Waals surface area contributed by atoms with Crippen molar-refractivity contribution < 1.29 is 14.6 Å². The van der Waals surface area contributed by atoms with Crippen LogP contribution in [0.2, 0.25) is 0 Å². The van der Waals surface area contributed by atoms with Crippen LogP contribution in [0.15, 0.2) is 0 Å². The van der Waals surface area contributed by atoms with Gasteiger partial charge in [0.25, 0.3) is 0 Å². The van der Waals surface area contributed by atoms with Crippen LogP contribution in [0.25, 0.3) is 0 Å². The first-order chi connectivity index (χ1) is 6.54. The monoisotopic (exact) mass is 198 g/mol. The predicted molar refractivity (Wildman–Crippen MR) is 51.0 cm³/mol. The Morgan fingerprint density at radius 2 is 2.00 bits per heavy atom. The summed E-state index contributed by atoms with van der Waals surface area (Å²) in [6, 6.07) is 0. The quantitative estimate of drug-likeness (QED) is 0.642. The maximum atomic E-state index is 9.68. The van der Waals surface area contributed by atoms with Gasteiger partial charge < -0.3 is 14.6 Å². The van der Waals surface area contributed by atoms with E-state index in [1.54, 1.807) is 0 Å². The molecule has 14 heavy (non-hydrogen) atoms. The number of aliphatic hydroxyl groups excluding tert-OH is 1. The van der Waals surface area contributed by atoms with E-state index in [2.05, 4.69) is 13.8 Å². The number of hydrogen-bond acceptors (Lipinski definition) is 3. The molecular weight excluding hydrogens is 180 g/mol. The lowest BCUT2D eigenvalue weighted by molar-refractivity contribution is 0.0362. The molecule has 2 heterocycles. The molecule has 0 aromatic carbocycles. The van der Waals surface area contributed by atoms with Crippen molar-refractivity contribution in [3.8, 4) is 0 Å². The summed E-state index contributed by atoms with van der Waals surface area (Å²) < 4.78 is 11.3. The Hall–Kier alpha value is -0.120. The zero-order valence-corrected chi connectivity index (χ0v) is 8.82. The maximum Gasteiger partial charge on any atom is 0.0972 e. The highest BCUT2D eigenvalue weighted by Crippen LogP contribution is 2.55. The van der Waals surface area contributed by atoms with Crippen LogP contribution in [0.4, 0.5) is 0 Å². The molecule has 4 atom stereocenters. The molecule has 1 aliphatic carbocycles. The second-order valence-electron chi connectivity index (χ2n) is 5.53. The lowest BCUT2D eigenvalue weighted by atomic mass is 9.74. The molecule has 2 saturated heterocycles. The first-order valence-electron chi connectivity index (χ1n) is 5.53. The molecule has 1 N–H and O–H groups in total. The van der Waals surface area contributed by atoms with Gasteiger partial charge in [-0.2, -0.15) is 0 Å². The SMILES string of the molecule is CC1(C)O[C@@H]1[C@H]1C[C@H](O)CC[C@]12CO2. The zero-order valence-electron chi connectivity index (χ0n) is 8.82. The molecule has 3 aliphatic rings. The molecule has 2 aliphatic heterocycles. The molecule has 3 nitrogen and oxygen atoms in total. The fourth-order valence-electron chi connectivity index (χ4n) is 2.93. The smallest absolute Gasteiger partial charge is 0.0972 e. The van der Waals surface area contributed by atoms with E-state index < -0.39 is 0 Å². The molecule has 80 valence electrons. The van der Waals surface area contributed by atoms with Crippen molar-refractivity contribution in [1.29, 1.82) is 0 Å². The second-order valence-corrected chi connectivity index (χ2v) is 5.53. The van der Waals surface area contributed by atoms with E-state index in [1.165, 1.54) is 0 Å². The molecule has 0 aromatic rings. The van der Waals surface area contributed by atoms with Gasteiger partial charge in [0.2, 0.25) is 0 Å². The second kappa shape index (κ2) is 2.52. The molecule has 0 radical (unpaired) electrons. The normalized spacial score (nSPS) is 54.6. The Morgan fingerprint density at radius 3 is 2.50 bits per heavy atom. The summed E-state index contributed by atoms with van der Waals surface area (Å²) in [5.74, 6) is 0.418. The molecule has 0 aromatic heterocycles. The van der Waals surface area contributed by atoms with Crippen LogP contribution in [0, 0.1) is 5.92 Å². The van der Waals surface area contributed by atoms with Crippen LogP contribution in [-0.2, 0) is 9.47 Å². The van der Waals surface area contributed by atoms with E-state index in [0.717, 1.165) is 25.9 Å². The Labute approximate surface area is 84.4 Å². The van der Waals surface area contributed by atoms with Crippen LogP contribution < -0.4 is 0 Å². The molecule has 0 amide bonds. The lowest BCUT2D eigenvalue weighted by Crippen LogP contribution is -2.39. The van der Waals surface area contributed by atoms with Crippen LogP contribution in [0.1, 0.15) is 33.1 Å². The average molecular weight is 198 g/mol. The van der Waals surface area contributed by atoms with E-state index in [9.17, 15) is 5.11 Å². The van der Waals surface area contributed by atoms with Gasteiger partial charge >= 0.3 is 0 Å². The van der Waals surface area contributed by atoms with Crippen LogP contribution in [0.3, 0.4) is 0 Å². The standard InChI is InChI=1S/C11H18O3/c1-10(2)9(14-10)8-5-7(12)3-4-11(8)6-13-11/h7-9,12H,3-6H2,1-2H3/t7-,8-,9-,11+/m1/s1. The molecule has 3 fully saturated rings. The van der Waals surface area contributed by atoms with E-state index in [1.807, 2.05) is 0 Å². The Balaban J connectivity index is 1.76. The highest BCUT2D eigenvalue weighted by molar-refractivity contribution is 5.12. The van der Waals surface area contributed by atoms with Crippen molar-refractivity contribution >= 4 is 0 Å². The van der Waals surface area contributed by atoms with Gasteiger partial charge in [-0.1, -0.05) is 0 Å². The molecule has 0 bridgehead atoms. The van der Waals surface area contributed by atoms with Crippen molar-refractivity contribution in [2.24, 2.45) is 5.92 Å². The first-order valence-corrected chi connectivity index (χ1v) is 5.53. The fourth-order valence-corrected chi connectivity index (χ4v) is 2.93. The minimum Gasteiger partial charge on any atom is -0.393 e. The van der Waals surface area contributed by atoms with Gasteiger partial charge in [0, 0.05) is 5.92 Å². The van der Waals surface area contributed by atoms with Gasteiger partial charge in [0.1, 0.15) is 0 Å². The molecule has 3 rings (SSSR count). The van der Waals surface area contributed by atoms with E-state index >= 15 is 0 Å². The summed E-state index contributed by atoms with van der Waals surface area (Å²) >= 11 is 0. The number of epoxide rings is 2. The fraction of sp³-hybridized carbons (Fsp3) is 1.00. The van der Waals surface area contributed by atoms with Crippen molar-refractivity contribution in [1.82, 2.24) is 0 Å². The number of ether oxygens (including phenoxy) is 2. The minimum atomic E-state index is -0.144. The van der Waals surface area contributed by atoms with Gasteiger partial charge in [-0.15, -0.1) is 0 Å². The Morgan fingerprint density at radius 1 is 1.36 bits per heavy atom. The highest BCUT2D eigenvalue weighted by atomic mass is 16.6. The highest BCUT2D eigenvalue weighted by Gasteiger charge is 2.65. The summed E-state index contributed by atoms with van der Waals surface area (Å²) in [6.07, 6.45) is 2.92. The molecule has 1 spiro atoms. The number of hydrogen-bond donors (Lipinski definition) is 1. The summed E-state index contributed by atoms with van der Waals surface area (Å²) in [6.45, 7) is 5.11. The summed E-state index contributed by atoms with van der Waals surface area (Å²) in [7, 11) is 0. The maximum absolute atomic E-state index is 9.68. The van der Waals surface area contributed by atoms with Crippen LogP contribution in [0.5, 0.6) is 0 Å². The summed E-state index contributed by atoms with van der Waals surface area (Å²) in [5.41, 5.74) is 0.0956. The van der Waals surface area contributed by atoms with Gasteiger partial charge in [-0.3, -0.25) is 0 Å². The third-order valence-electron chi connectivity index (χ3n) is 4.04. The van der Waals surface area contributed by atoms with Crippen molar-refractivity contribution in [3.63, 3.8) is 0 Å². The molecule has 0 unspecified atom stereocenters. The van der Waals surface area contributed by atoms with Crippen LogP contribution in [-0.4, -0.2) is 35.1 Å². The third kappa shape index (κ3) is 1.23. The van der Waals surface area contributed by atoms with E-state index in [0.29, 0.717) is 12.0 Å². The topological polar surface area (TPSA) is 45.3 Å². The molecule has 3 heteroatoms. The van der Waals surface area contributed by atoms with Gasteiger partial charge in [-0.05, 0) is 33.1 Å². The third-order valence-corrected chi connectivity index (χ3v) is 4.04. The number of aliphatic hydroxyl groups is 1. The largest absolute Gasteiger partial charge is 0.393 e. The molecular formula is C11H18O3. The summed E-state index contributed by atoms with van der Waals surface area (Å²) in [5, 5.41) is 9.68. The first kappa shape index (κ1) is 9.13. The van der Waals surface area contributed by atoms with Crippen molar-refractivity contribution in [2.75, 3.05) is 6.61 Å². The average Bonchev–Trinajstić information content (AvgIpc) is 2.97. The Kier molecular flexibility index (Phi) is 1.64. The molecule has 1 saturated carbocycles. The van der Waals surface area contributed by atoms with Crippen molar-refractivity contribution in [2.45, 2.75) is 56.5 Å². The van der Waals surface area contributed by atoms with Crippen LogP contribution >= 0.6 is 0 Å². The minimum absolute atomic E-state index is 0.0146. The van der Waals surface area contributed by atoms with Crippen molar-refractivity contribution in [3.05, 3.63) is 0 Å². The summed E-state index contributed by atoms with van der Waals surface area (Å²) in [4.78, 5) is 0.